The average Bonchev–Trinajstić information content (AvgIpc) is 3.06. The number of anilines is 1. The lowest BCUT2D eigenvalue weighted by molar-refractivity contribution is -0.134. The number of esters is 2. The molecule has 0 bridgehead atoms. The lowest BCUT2D eigenvalue weighted by Crippen LogP contribution is -2.50. The Bertz CT molecular complexity index is 901. The van der Waals surface area contributed by atoms with Gasteiger partial charge in [0.15, 0.2) is 6.61 Å². The van der Waals surface area contributed by atoms with Crippen LogP contribution >= 0.6 is 0 Å². The number of pyridine rings is 1. The van der Waals surface area contributed by atoms with Gasteiger partial charge in [0.2, 0.25) is 0 Å². The molecule has 0 aliphatic carbocycles. The second-order valence-corrected chi connectivity index (χ2v) is 6.75. The van der Waals surface area contributed by atoms with Gasteiger partial charge in [-0.15, -0.1) is 0 Å². The van der Waals surface area contributed by atoms with E-state index in [1.54, 1.807) is 24.9 Å². The Morgan fingerprint density at radius 2 is 1.83 bits per heavy atom. The van der Waals surface area contributed by atoms with Gasteiger partial charge in [-0.25, -0.2) is 14.6 Å². The zero-order valence-electron chi connectivity index (χ0n) is 16.7. The van der Waals surface area contributed by atoms with Gasteiger partial charge in [0.05, 0.1) is 12.7 Å². The van der Waals surface area contributed by atoms with E-state index in [1.165, 1.54) is 7.11 Å². The van der Waals surface area contributed by atoms with Crippen molar-refractivity contribution in [3.63, 3.8) is 0 Å². The average molecular weight is 400 g/mol. The van der Waals surface area contributed by atoms with Crippen molar-refractivity contribution in [3.05, 3.63) is 46.9 Å². The molecule has 3 heterocycles. The molecule has 9 nitrogen and oxygen atoms in total. The molecule has 1 N–H and O–H groups in total. The summed E-state index contributed by atoms with van der Waals surface area (Å²) in [4.78, 5) is 47.6. The number of carbonyl (C=O) groups is 3. The van der Waals surface area contributed by atoms with Crippen LogP contribution in [0.5, 0.6) is 0 Å². The highest BCUT2D eigenvalue weighted by Gasteiger charge is 2.26. The van der Waals surface area contributed by atoms with Crippen LogP contribution in [0.4, 0.5) is 5.82 Å². The van der Waals surface area contributed by atoms with Crippen LogP contribution in [-0.4, -0.2) is 72.6 Å². The number of aromatic amines is 1. The summed E-state index contributed by atoms with van der Waals surface area (Å²) in [7, 11) is 1.28. The highest BCUT2D eigenvalue weighted by molar-refractivity contribution is 5.99. The largest absolute Gasteiger partial charge is 0.465 e. The summed E-state index contributed by atoms with van der Waals surface area (Å²) < 4.78 is 9.91. The minimum absolute atomic E-state index is 0.149. The van der Waals surface area contributed by atoms with Crippen molar-refractivity contribution < 1.29 is 23.9 Å². The summed E-state index contributed by atoms with van der Waals surface area (Å²) in [6, 6.07) is 5.72. The highest BCUT2D eigenvalue weighted by Crippen LogP contribution is 2.20. The molecular formula is C20H24N4O5. The molecule has 1 aliphatic rings. The van der Waals surface area contributed by atoms with Crippen LogP contribution in [0.25, 0.3) is 0 Å². The fraction of sp³-hybridized carbons (Fsp3) is 0.400. The zero-order chi connectivity index (χ0) is 21.0. The first-order valence-electron chi connectivity index (χ1n) is 9.30. The van der Waals surface area contributed by atoms with E-state index < -0.39 is 11.9 Å². The van der Waals surface area contributed by atoms with Gasteiger partial charge < -0.3 is 24.3 Å². The number of aromatic nitrogens is 2. The number of rotatable bonds is 5. The Kier molecular flexibility index (Phi) is 6.16. The van der Waals surface area contributed by atoms with Gasteiger partial charge in [-0.1, -0.05) is 6.07 Å². The van der Waals surface area contributed by atoms with Gasteiger partial charge in [0.1, 0.15) is 11.5 Å². The predicted octanol–water partition coefficient (Wildman–Crippen LogP) is 1.32. The van der Waals surface area contributed by atoms with Crippen LogP contribution in [0.2, 0.25) is 0 Å². The maximum atomic E-state index is 12.4. The molecule has 1 saturated heterocycles. The van der Waals surface area contributed by atoms with Crippen molar-refractivity contribution in [2.24, 2.45) is 0 Å². The summed E-state index contributed by atoms with van der Waals surface area (Å²) in [5.74, 6) is -0.587. The van der Waals surface area contributed by atoms with Crippen molar-refractivity contribution in [2.45, 2.75) is 13.8 Å². The Balaban J connectivity index is 1.54. The van der Waals surface area contributed by atoms with Crippen LogP contribution in [-0.2, 0) is 14.3 Å². The maximum absolute atomic E-state index is 12.4. The van der Waals surface area contributed by atoms with Crippen molar-refractivity contribution in [3.8, 4) is 0 Å². The lowest BCUT2D eigenvalue weighted by atomic mass is 10.1. The maximum Gasteiger partial charge on any atom is 0.355 e. The Labute approximate surface area is 168 Å². The number of ether oxygens (including phenoxy) is 2. The van der Waals surface area contributed by atoms with Crippen molar-refractivity contribution in [2.75, 3.05) is 44.8 Å². The molecule has 29 heavy (non-hydrogen) atoms. The number of hydrogen-bond acceptors (Lipinski definition) is 7. The third-order valence-electron chi connectivity index (χ3n) is 4.96. The topological polar surface area (TPSA) is 105 Å². The van der Waals surface area contributed by atoms with E-state index in [9.17, 15) is 14.4 Å². The molecule has 1 fully saturated rings. The van der Waals surface area contributed by atoms with Crippen molar-refractivity contribution in [1.82, 2.24) is 14.9 Å². The number of nitrogens with one attached hydrogen (secondary N) is 1. The summed E-state index contributed by atoms with van der Waals surface area (Å²) in [6.45, 7) is 5.32. The third kappa shape index (κ3) is 4.39. The molecule has 154 valence electrons. The van der Waals surface area contributed by atoms with Gasteiger partial charge >= 0.3 is 11.9 Å². The molecule has 0 spiro atoms. The molecule has 0 atom stereocenters. The number of piperazine rings is 1. The SMILES string of the molecule is COC(=O)c1c(C)[nH]c(C(=O)OCC(=O)N2CCN(c3ccccn3)CC2)c1C. The van der Waals surface area contributed by atoms with E-state index in [-0.39, 0.29) is 18.2 Å². The molecule has 0 saturated carbocycles. The Morgan fingerprint density at radius 1 is 1.10 bits per heavy atom. The smallest absolute Gasteiger partial charge is 0.355 e. The first-order valence-corrected chi connectivity index (χ1v) is 9.30. The molecule has 1 aliphatic heterocycles. The second-order valence-electron chi connectivity index (χ2n) is 6.75. The summed E-state index contributed by atoms with van der Waals surface area (Å²) in [5.41, 5.74) is 1.40. The molecular weight excluding hydrogens is 376 g/mol. The monoisotopic (exact) mass is 400 g/mol. The van der Waals surface area contributed by atoms with Gasteiger partial charge in [-0.05, 0) is 31.5 Å². The first kappa shape index (κ1) is 20.4. The molecule has 3 rings (SSSR count). The fourth-order valence-electron chi connectivity index (χ4n) is 3.38. The highest BCUT2D eigenvalue weighted by atomic mass is 16.5. The number of nitrogens with zero attached hydrogens (tertiary/aromatic N) is 3. The van der Waals surface area contributed by atoms with E-state index in [0.717, 1.165) is 5.82 Å². The minimum Gasteiger partial charge on any atom is -0.465 e. The second kappa shape index (κ2) is 8.76. The van der Waals surface area contributed by atoms with Gasteiger partial charge in [-0.2, -0.15) is 0 Å². The third-order valence-corrected chi connectivity index (χ3v) is 4.96. The minimum atomic E-state index is -0.679. The van der Waals surface area contributed by atoms with E-state index in [0.29, 0.717) is 43.0 Å². The van der Waals surface area contributed by atoms with Crippen molar-refractivity contribution in [1.29, 1.82) is 0 Å². The Hall–Kier alpha value is -3.36. The number of hydrogen-bond donors (Lipinski definition) is 1. The number of amides is 1. The van der Waals surface area contributed by atoms with Gasteiger partial charge in [0.25, 0.3) is 5.91 Å². The molecule has 2 aromatic heterocycles. The van der Waals surface area contributed by atoms with Crippen molar-refractivity contribution >= 4 is 23.7 Å². The van der Waals surface area contributed by atoms with E-state index in [1.807, 2.05) is 18.2 Å². The molecule has 1 amide bonds. The normalized spacial score (nSPS) is 13.9. The van der Waals surface area contributed by atoms with E-state index >= 15 is 0 Å². The van der Waals surface area contributed by atoms with Crippen LogP contribution in [0, 0.1) is 13.8 Å². The molecule has 9 heteroatoms. The quantitative estimate of drug-likeness (QED) is 0.755. The number of carbonyl (C=O) groups excluding carboxylic acids is 3. The Morgan fingerprint density at radius 3 is 2.45 bits per heavy atom. The lowest BCUT2D eigenvalue weighted by Gasteiger charge is -2.35. The fourth-order valence-corrected chi connectivity index (χ4v) is 3.38. The van der Waals surface area contributed by atoms with Crippen LogP contribution in [0.15, 0.2) is 24.4 Å². The van der Waals surface area contributed by atoms with Gasteiger partial charge in [-0.3, -0.25) is 4.79 Å². The molecule has 0 unspecified atom stereocenters. The molecule has 2 aromatic rings. The van der Waals surface area contributed by atoms with E-state index in [4.69, 9.17) is 9.47 Å². The van der Waals surface area contributed by atoms with E-state index in [2.05, 4.69) is 14.9 Å². The molecule has 0 radical (unpaired) electrons. The number of H-pyrrole nitrogens is 1. The summed E-state index contributed by atoms with van der Waals surface area (Å²) >= 11 is 0. The van der Waals surface area contributed by atoms with Crippen LogP contribution < -0.4 is 4.90 Å². The first-order chi connectivity index (χ1) is 13.9. The summed E-state index contributed by atoms with van der Waals surface area (Å²) in [6.07, 6.45) is 1.74. The summed E-state index contributed by atoms with van der Waals surface area (Å²) in [5, 5.41) is 0. The van der Waals surface area contributed by atoms with Crippen LogP contribution in [0.3, 0.4) is 0 Å². The predicted molar refractivity (Wildman–Crippen MR) is 105 cm³/mol. The zero-order valence-corrected chi connectivity index (χ0v) is 16.7. The standard InChI is InChI=1S/C20H24N4O5/c1-13-17(19(26)28-3)14(2)22-18(13)20(27)29-12-16(25)24-10-8-23(9-11-24)15-6-4-5-7-21-15/h4-7,22H,8-12H2,1-3H3. The number of aryl methyl sites for hydroxylation is 1. The number of methoxy groups -OCH3 is 1. The molecule has 0 aromatic carbocycles. The van der Waals surface area contributed by atoms with Gasteiger partial charge in [0, 0.05) is 38.1 Å². The van der Waals surface area contributed by atoms with Crippen LogP contribution in [0.1, 0.15) is 32.1 Å².